The molecule has 0 aliphatic carbocycles. The standard InChI is InChI=1S/C11H21NO3/c1-5-15-11(14)8(4)6-9(13)10(12)7(2)3/h7-8,10H,5-6,12H2,1-4H3. The quantitative estimate of drug-likeness (QED) is 0.674. The van der Waals surface area contributed by atoms with Crippen LogP contribution in [0.25, 0.3) is 0 Å². The molecule has 2 N–H and O–H groups in total. The Morgan fingerprint density at radius 2 is 1.80 bits per heavy atom. The molecule has 0 saturated carbocycles. The maximum Gasteiger partial charge on any atom is 0.309 e. The Labute approximate surface area is 91.2 Å². The van der Waals surface area contributed by atoms with Crippen molar-refractivity contribution in [2.24, 2.45) is 17.6 Å². The summed E-state index contributed by atoms with van der Waals surface area (Å²) >= 11 is 0. The minimum atomic E-state index is -0.484. The van der Waals surface area contributed by atoms with Gasteiger partial charge in [0.2, 0.25) is 0 Å². The van der Waals surface area contributed by atoms with Gasteiger partial charge >= 0.3 is 5.97 Å². The summed E-state index contributed by atoms with van der Waals surface area (Å²) in [6.07, 6.45) is 0.165. The summed E-state index contributed by atoms with van der Waals surface area (Å²) in [5.41, 5.74) is 5.68. The number of nitrogens with two attached hydrogens (primary N) is 1. The lowest BCUT2D eigenvalue weighted by molar-refractivity contribution is -0.149. The van der Waals surface area contributed by atoms with Crippen molar-refractivity contribution in [1.29, 1.82) is 0 Å². The molecule has 0 aromatic carbocycles. The van der Waals surface area contributed by atoms with Crippen molar-refractivity contribution >= 4 is 11.8 Å². The molecule has 0 bridgehead atoms. The Morgan fingerprint density at radius 3 is 2.20 bits per heavy atom. The molecule has 0 fully saturated rings. The van der Waals surface area contributed by atoms with Crippen molar-refractivity contribution in [1.82, 2.24) is 0 Å². The summed E-state index contributed by atoms with van der Waals surface area (Å²) in [7, 11) is 0. The van der Waals surface area contributed by atoms with E-state index in [0.717, 1.165) is 0 Å². The van der Waals surface area contributed by atoms with E-state index in [-0.39, 0.29) is 24.1 Å². The molecular weight excluding hydrogens is 194 g/mol. The average molecular weight is 215 g/mol. The molecule has 2 atom stereocenters. The van der Waals surface area contributed by atoms with Crippen molar-refractivity contribution in [3.05, 3.63) is 0 Å². The topological polar surface area (TPSA) is 69.4 Å². The molecule has 0 radical (unpaired) electrons. The number of rotatable bonds is 6. The van der Waals surface area contributed by atoms with E-state index in [1.165, 1.54) is 0 Å². The minimum absolute atomic E-state index is 0.0782. The maximum absolute atomic E-state index is 11.6. The van der Waals surface area contributed by atoms with Gasteiger partial charge in [-0.15, -0.1) is 0 Å². The number of hydrogen-bond donors (Lipinski definition) is 1. The first-order chi connectivity index (χ1) is 6.90. The SMILES string of the molecule is CCOC(=O)C(C)CC(=O)C(N)C(C)C. The zero-order chi connectivity index (χ0) is 12.0. The van der Waals surface area contributed by atoms with Gasteiger partial charge in [0, 0.05) is 6.42 Å². The number of Topliss-reactive ketones (excluding diaryl/α,β-unsaturated/α-hetero) is 1. The number of hydrogen-bond acceptors (Lipinski definition) is 4. The van der Waals surface area contributed by atoms with Gasteiger partial charge in [0.25, 0.3) is 0 Å². The predicted octanol–water partition coefficient (Wildman–Crippen LogP) is 1.13. The second-order valence-corrected chi connectivity index (χ2v) is 4.09. The van der Waals surface area contributed by atoms with Crippen LogP contribution in [0.1, 0.15) is 34.1 Å². The molecule has 0 amide bonds. The van der Waals surface area contributed by atoms with Crippen LogP contribution in [-0.2, 0) is 14.3 Å². The minimum Gasteiger partial charge on any atom is -0.466 e. The van der Waals surface area contributed by atoms with Crippen LogP contribution in [0, 0.1) is 11.8 Å². The van der Waals surface area contributed by atoms with E-state index < -0.39 is 12.0 Å². The zero-order valence-corrected chi connectivity index (χ0v) is 9.95. The van der Waals surface area contributed by atoms with E-state index in [2.05, 4.69) is 0 Å². The molecule has 15 heavy (non-hydrogen) atoms. The molecule has 0 heterocycles. The molecule has 0 spiro atoms. The molecule has 0 aromatic heterocycles. The van der Waals surface area contributed by atoms with Crippen molar-refractivity contribution in [2.75, 3.05) is 6.61 Å². The van der Waals surface area contributed by atoms with E-state index in [9.17, 15) is 9.59 Å². The molecule has 2 unspecified atom stereocenters. The highest BCUT2D eigenvalue weighted by Gasteiger charge is 2.23. The molecule has 4 nitrogen and oxygen atoms in total. The van der Waals surface area contributed by atoms with E-state index in [0.29, 0.717) is 6.61 Å². The van der Waals surface area contributed by atoms with Gasteiger partial charge in [-0.25, -0.2) is 0 Å². The van der Waals surface area contributed by atoms with E-state index in [1.807, 2.05) is 13.8 Å². The van der Waals surface area contributed by atoms with Gasteiger partial charge in [0.1, 0.15) is 0 Å². The molecule has 0 aliphatic rings. The Hall–Kier alpha value is -0.900. The Kier molecular flexibility index (Phi) is 6.17. The summed E-state index contributed by atoms with van der Waals surface area (Å²) in [4.78, 5) is 22.8. The van der Waals surface area contributed by atoms with Gasteiger partial charge in [-0.1, -0.05) is 20.8 Å². The monoisotopic (exact) mass is 215 g/mol. The summed E-state index contributed by atoms with van der Waals surface area (Å²) in [6.45, 7) is 7.54. The van der Waals surface area contributed by atoms with Crippen LogP contribution in [0.3, 0.4) is 0 Å². The fourth-order valence-electron chi connectivity index (χ4n) is 1.18. The Bertz CT molecular complexity index is 226. The lowest BCUT2D eigenvalue weighted by atomic mass is 9.94. The number of carbonyl (C=O) groups is 2. The molecule has 88 valence electrons. The van der Waals surface area contributed by atoms with Crippen molar-refractivity contribution in [3.63, 3.8) is 0 Å². The molecule has 0 aromatic rings. The lowest BCUT2D eigenvalue weighted by Gasteiger charge is -2.16. The molecule has 4 heteroatoms. The maximum atomic E-state index is 11.6. The fraction of sp³-hybridized carbons (Fsp3) is 0.818. The first kappa shape index (κ1) is 14.1. The highest BCUT2D eigenvalue weighted by atomic mass is 16.5. The number of ether oxygens (including phenoxy) is 1. The third-order valence-corrected chi connectivity index (χ3v) is 2.29. The first-order valence-corrected chi connectivity index (χ1v) is 5.35. The van der Waals surface area contributed by atoms with E-state index in [4.69, 9.17) is 10.5 Å². The third kappa shape index (κ3) is 4.93. The fourth-order valence-corrected chi connectivity index (χ4v) is 1.18. The largest absolute Gasteiger partial charge is 0.466 e. The van der Waals surface area contributed by atoms with E-state index in [1.54, 1.807) is 13.8 Å². The number of esters is 1. The van der Waals surface area contributed by atoms with Crippen molar-refractivity contribution in [3.8, 4) is 0 Å². The van der Waals surface area contributed by atoms with Gasteiger partial charge in [0.15, 0.2) is 5.78 Å². The average Bonchev–Trinajstić information content (AvgIpc) is 2.16. The molecule has 0 rings (SSSR count). The van der Waals surface area contributed by atoms with Gasteiger partial charge in [-0.2, -0.15) is 0 Å². The smallest absolute Gasteiger partial charge is 0.309 e. The lowest BCUT2D eigenvalue weighted by Crippen LogP contribution is -2.37. The summed E-state index contributed by atoms with van der Waals surface area (Å²) < 4.78 is 4.81. The van der Waals surface area contributed by atoms with Crippen molar-refractivity contribution in [2.45, 2.75) is 40.2 Å². The highest BCUT2D eigenvalue weighted by molar-refractivity contribution is 5.88. The predicted molar refractivity (Wildman–Crippen MR) is 58.2 cm³/mol. The molecule has 0 saturated heterocycles. The zero-order valence-electron chi connectivity index (χ0n) is 9.95. The molecular formula is C11H21NO3. The Morgan fingerprint density at radius 1 is 1.27 bits per heavy atom. The van der Waals surface area contributed by atoms with Crippen LogP contribution in [0.5, 0.6) is 0 Å². The highest BCUT2D eigenvalue weighted by Crippen LogP contribution is 2.10. The van der Waals surface area contributed by atoms with Crippen molar-refractivity contribution < 1.29 is 14.3 Å². The number of carbonyl (C=O) groups excluding carboxylic acids is 2. The summed E-state index contributed by atoms with van der Waals surface area (Å²) in [5, 5.41) is 0. The third-order valence-electron chi connectivity index (χ3n) is 2.29. The van der Waals surface area contributed by atoms with Crippen LogP contribution < -0.4 is 5.73 Å². The Balaban J connectivity index is 4.12. The second kappa shape index (κ2) is 6.56. The van der Waals surface area contributed by atoms with Gasteiger partial charge in [-0.3, -0.25) is 9.59 Å². The summed E-state index contributed by atoms with van der Waals surface area (Å²) in [6, 6.07) is -0.484. The number of ketones is 1. The normalized spacial score (nSPS) is 14.8. The van der Waals surface area contributed by atoms with Gasteiger partial charge in [-0.05, 0) is 12.8 Å². The second-order valence-electron chi connectivity index (χ2n) is 4.09. The van der Waals surface area contributed by atoms with E-state index >= 15 is 0 Å². The molecule has 0 aliphatic heterocycles. The van der Waals surface area contributed by atoms with Crippen LogP contribution in [0.15, 0.2) is 0 Å². The first-order valence-electron chi connectivity index (χ1n) is 5.35. The van der Waals surface area contributed by atoms with Crippen LogP contribution in [0.2, 0.25) is 0 Å². The van der Waals surface area contributed by atoms with Crippen LogP contribution in [0.4, 0.5) is 0 Å². The van der Waals surface area contributed by atoms with Crippen LogP contribution >= 0.6 is 0 Å². The summed E-state index contributed by atoms with van der Waals surface area (Å²) in [5.74, 6) is -0.707. The van der Waals surface area contributed by atoms with Gasteiger partial charge in [0.05, 0.1) is 18.6 Å². The van der Waals surface area contributed by atoms with Crippen LogP contribution in [-0.4, -0.2) is 24.4 Å². The van der Waals surface area contributed by atoms with Gasteiger partial charge < -0.3 is 10.5 Å².